The molecule has 8 heteroatoms. The van der Waals surface area contributed by atoms with Gasteiger partial charge in [-0.15, -0.1) is 0 Å². The van der Waals surface area contributed by atoms with Crippen molar-refractivity contribution in [1.82, 2.24) is 0 Å². The van der Waals surface area contributed by atoms with Crippen molar-refractivity contribution in [3.8, 4) is 0 Å². The van der Waals surface area contributed by atoms with Crippen LogP contribution in [0.2, 0.25) is 0 Å². The number of ether oxygens (including phenoxy) is 1. The lowest BCUT2D eigenvalue weighted by molar-refractivity contribution is -0.0302. The molecular formula is C9H18FNO5S. The van der Waals surface area contributed by atoms with Crippen molar-refractivity contribution in [1.29, 1.82) is 0 Å². The maximum absolute atomic E-state index is 13.7. The lowest BCUT2D eigenvalue weighted by atomic mass is 9.86. The first-order valence-corrected chi connectivity index (χ1v) is 6.69. The van der Waals surface area contributed by atoms with E-state index in [1.54, 1.807) is 20.8 Å². The molecular weight excluding hydrogens is 253 g/mol. The van der Waals surface area contributed by atoms with Gasteiger partial charge in [-0.3, -0.25) is 4.18 Å². The van der Waals surface area contributed by atoms with Gasteiger partial charge < -0.3 is 10.5 Å². The Kier molecular flexibility index (Phi) is 5.34. The van der Waals surface area contributed by atoms with Crippen LogP contribution in [0, 0.1) is 5.41 Å². The molecule has 0 bridgehead atoms. The Morgan fingerprint density at radius 2 is 1.88 bits per heavy atom. The quantitative estimate of drug-likeness (QED) is 0.746. The number of hydrogen-bond acceptors (Lipinski definition) is 5. The highest BCUT2D eigenvalue weighted by Gasteiger charge is 2.36. The zero-order valence-corrected chi connectivity index (χ0v) is 11.1. The van der Waals surface area contributed by atoms with E-state index in [0.717, 1.165) is 6.26 Å². The third kappa shape index (κ3) is 7.11. The van der Waals surface area contributed by atoms with Crippen molar-refractivity contribution in [2.75, 3.05) is 12.9 Å². The normalized spacial score (nSPS) is 16.3. The molecule has 0 aromatic rings. The minimum Gasteiger partial charge on any atom is -0.443 e. The van der Waals surface area contributed by atoms with Gasteiger partial charge in [-0.1, -0.05) is 20.8 Å². The molecule has 0 heterocycles. The minimum atomic E-state index is -3.74. The average molecular weight is 271 g/mol. The fraction of sp³-hybridized carbons (Fsp3) is 0.889. The minimum absolute atomic E-state index is 0.714. The van der Waals surface area contributed by atoms with E-state index in [1.165, 1.54) is 0 Å². The molecule has 0 aliphatic carbocycles. The summed E-state index contributed by atoms with van der Waals surface area (Å²) in [4.78, 5) is 10.6. The van der Waals surface area contributed by atoms with E-state index in [0.29, 0.717) is 0 Å². The lowest BCUT2D eigenvalue weighted by Gasteiger charge is -2.31. The molecule has 0 aromatic heterocycles. The predicted octanol–water partition coefficient (Wildman–Crippen LogP) is 0.811. The highest BCUT2D eigenvalue weighted by Crippen LogP contribution is 2.27. The summed E-state index contributed by atoms with van der Waals surface area (Å²) < 4.78 is 44.1. The van der Waals surface area contributed by atoms with Crippen molar-refractivity contribution in [2.45, 2.75) is 33.0 Å². The monoisotopic (exact) mass is 271 g/mol. The van der Waals surface area contributed by atoms with Gasteiger partial charge in [0.05, 0.1) is 6.26 Å². The van der Waals surface area contributed by atoms with E-state index < -0.39 is 40.5 Å². The summed E-state index contributed by atoms with van der Waals surface area (Å²) in [5, 5.41) is 0. The Morgan fingerprint density at radius 3 is 2.18 bits per heavy atom. The molecule has 1 amide bonds. The second-order valence-corrected chi connectivity index (χ2v) is 6.37. The van der Waals surface area contributed by atoms with Gasteiger partial charge in [-0.2, -0.15) is 8.42 Å². The van der Waals surface area contributed by atoms with Crippen LogP contribution >= 0.6 is 0 Å². The number of carbonyl (C=O) groups is 1. The molecule has 0 aliphatic rings. The molecule has 102 valence electrons. The van der Waals surface area contributed by atoms with Gasteiger partial charge in [0.15, 0.2) is 6.17 Å². The SMILES string of the molecule is CC(C)(C)C(OC(N)=O)[C@H](F)COS(C)(=O)=O. The highest BCUT2D eigenvalue weighted by molar-refractivity contribution is 7.85. The van der Waals surface area contributed by atoms with E-state index >= 15 is 0 Å². The average Bonchev–Trinajstić information content (AvgIpc) is 2.07. The first-order chi connectivity index (χ1) is 7.43. The van der Waals surface area contributed by atoms with E-state index in [-0.39, 0.29) is 0 Å². The molecule has 0 saturated heterocycles. The lowest BCUT2D eigenvalue weighted by Crippen LogP contribution is -2.43. The Hall–Kier alpha value is -0.890. The fourth-order valence-electron chi connectivity index (χ4n) is 1.19. The van der Waals surface area contributed by atoms with E-state index in [4.69, 9.17) is 5.73 Å². The van der Waals surface area contributed by atoms with Crippen LogP contribution in [0.5, 0.6) is 0 Å². The summed E-state index contributed by atoms with van der Waals surface area (Å²) in [6.45, 7) is 4.18. The molecule has 0 fully saturated rings. The first-order valence-electron chi connectivity index (χ1n) is 4.88. The third-order valence-electron chi connectivity index (χ3n) is 1.87. The summed E-state index contributed by atoms with van der Waals surface area (Å²) in [5.41, 5.74) is 4.10. The van der Waals surface area contributed by atoms with Crippen molar-refractivity contribution in [3.63, 3.8) is 0 Å². The van der Waals surface area contributed by atoms with Gasteiger partial charge in [-0.05, 0) is 0 Å². The summed E-state index contributed by atoms with van der Waals surface area (Å²) in [7, 11) is -3.74. The summed E-state index contributed by atoms with van der Waals surface area (Å²) in [6, 6.07) is 0. The third-order valence-corrected chi connectivity index (χ3v) is 2.43. The Bertz CT molecular complexity index is 362. The largest absolute Gasteiger partial charge is 0.443 e. The standard InChI is InChI=1S/C9H18FNO5S/c1-9(2,3)7(16-8(11)12)6(10)5-15-17(4,13)14/h6-7H,5H2,1-4H3,(H2,11,12)/t6-,7?/m1/s1. The molecule has 2 N–H and O–H groups in total. The summed E-state index contributed by atoms with van der Waals surface area (Å²) in [5.74, 6) is 0. The number of hydrogen-bond donors (Lipinski definition) is 1. The number of amides is 1. The zero-order chi connectivity index (χ0) is 13.9. The second-order valence-electron chi connectivity index (χ2n) is 4.73. The van der Waals surface area contributed by atoms with Gasteiger partial charge in [-0.25, -0.2) is 9.18 Å². The van der Waals surface area contributed by atoms with Crippen LogP contribution in [0.3, 0.4) is 0 Å². The fourth-order valence-corrected chi connectivity index (χ4v) is 1.57. The van der Waals surface area contributed by atoms with Crippen molar-refractivity contribution in [2.24, 2.45) is 11.1 Å². The Morgan fingerprint density at radius 1 is 1.41 bits per heavy atom. The first kappa shape index (κ1) is 16.1. The molecule has 1 unspecified atom stereocenters. The van der Waals surface area contributed by atoms with Gasteiger partial charge >= 0.3 is 6.09 Å². The number of carbonyl (C=O) groups excluding carboxylic acids is 1. The second kappa shape index (κ2) is 5.63. The van der Waals surface area contributed by atoms with Crippen LogP contribution in [0.25, 0.3) is 0 Å². The van der Waals surface area contributed by atoms with Crippen LogP contribution < -0.4 is 5.73 Å². The molecule has 0 aromatic carbocycles. The van der Waals surface area contributed by atoms with E-state index in [2.05, 4.69) is 8.92 Å². The van der Waals surface area contributed by atoms with Gasteiger partial charge in [0.25, 0.3) is 10.1 Å². The molecule has 0 rings (SSSR count). The number of halogens is 1. The molecule has 2 atom stereocenters. The summed E-state index contributed by atoms with van der Waals surface area (Å²) in [6.07, 6.45) is -3.27. The van der Waals surface area contributed by atoms with Gasteiger partial charge in [0, 0.05) is 5.41 Å². The molecule has 0 radical (unpaired) electrons. The number of nitrogens with two attached hydrogens (primary N) is 1. The number of primary amides is 1. The maximum atomic E-state index is 13.7. The smallest absolute Gasteiger partial charge is 0.404 e. The topological polar surface area (TPSA) is 95.7 Å². The van der Waals surface area contributed by atoms with Gasteiger partial charge in [0.2, 0.25) is 0 Å². The molecule has 17 heavy (non-hydrogen) atoms. The van der Waals surface area contributed by atoms with Crippen molar-refractivity contribution >= 4 is 16.2 Å². The van der Waals surface area contributed by atoms with Crippen molar-refractivity contribution in [3.05, 3.63) is 0 Å². The molecule has 0 aliphatic heterocycles. The van der Waals surface area contributed by atoms with E-state index in [9.17, 15) is 17.6 Å². The van der Waals surface area contributed by atoms with Crippen LogP contribution in [0.4, 0.5) is 9.18 Å². The summed E-state index contributed by atoms with van der Waals surface area (Å²) >= 11 is 0. The van der Waals surface area contributed by atoms with E-state index in [1.807, 2.05) is 0 Å². The number of alkyl halides is 1. The van der Waals surface area contributed by atoms with Gasteiger partial charge in [0.1, 0.15) is 12.7 Å². The van der Waals surface area contributed by atoms with Crippen LogP contribution in [0.1, 0.15) is 20.8 Å². The molecule has 6 nitrogen and oxygen atoms in total. The Labute approximate surface area is 100 Å². The molecule has 0 spiro atoms. The van der Waals surface area contributed by atoms with Crippen LogP contribution in [-0.4, -0.2) is 39.6 Å². The zero-order valence-electron chi connectivity index (χ0n) is 10.3. The predicted molar refractivity (Wildman–Crippen MR) is 59.6 cm³/mol. The highest BCUT2D eigenvalue weighted by atomic mass is 32.2. The Balaban J connectivity index is 4.65. The van der Waals surface area contributed by atoms with Crippen LogP contribution in [-0.2, 0) is 19.0 Å². The maximum Gasteiger partial charge on any atom is 0.404 e. The van der Waals surface area contributed by atoms with Crippen molar-refractivity contribution < 1.29 is 26.5 Å². The van der Waals surface area contributed by atoms with Crippen LogP contribution in [0.15, 0.2) is 0 Å². The number of rotatable bonds is 5. The molecule has 0 saturated carbocycles.